The molecule has 4 rings (SSSR count). The van der Waals surface area contributed by atoms with Crippen LogP contribution in [0.1, 0.15) is 21.5 Å². The molecule has 0 aliphatic rings. The van der Waals surface area contributed by atoms with Gasteiger partial charge in [0.15, 0.2) is 0 Å². The minimum Gasteiger partial charge on any atom is -0.344 e. The Labute approximate surface area is 166 Å². The molecule has 0 unspecified atom stereocenters. The molecule has 0 spiro atoms. The number of aromatic nitrogens is 3. The Balaban J connectivity index is 1.84. The fourth-order valence-corrected chi connectivity index (χ4v) is 3.50. The summed E-state index contributed by atoms with van der Waals surface area (Å²) < 4.78 is 2.62. The van der Waals surface area contributed by atoms with Crippen molar-refractivity contribution in [3.8, 4) is 5.69 Å². The first-order chi connectivity index (χ1) is 13.9. The average molecular weight is 388 g/mol. The monoisotopic (exact) mass is 388 g/mol. The number of amides is 1. The molecule has 1 amide bonds. The molecule has 0 saturated heterocycles. The van der Waals surface area contributed by atoms with Gasteiger partial charge in [0.1, 0.15) is 5.52 Å². The van der Waals surface area contributed by atoms with Crippen molar-refractivity contribution in [2.75, 3.05) is 5.32 Å². The van der Waals surface area contributed by atoms with Gasteiger partial charge >= 0.3 is 5.69 Å². The Morgan fingerprint density at radius 3 is 2.45 bits per heavy atom. The summed E-state index contributed by atoms with van der Waals surface area (Å²) >= 11 is 0. The van der Waals surface area contributed by atoms with E-state index in [1.54, 1.807) is 48.1 Å². The number of H-pyrrole nitrogens is 1. The van der Waals surface area contributed by atoms with Crippen LogP contribution < -0.4 is 16.6 Å². The molecular formula is C22H20N4O3. The number of hydrogen-bond donors (Lipinski definition) is 2. The van der Waals surface area contributed by atoms with Gasteiger partial charge in [-0.15, -0.1) is 0 Å². The van der Waals surface area contributed by atoms with Crippen LogP contribution in [0.4, 0.5) is 5.69 Å². The number of para-hydroxylation sites is 1. The average Bonchev–Trinajstić information content (AvgIpc) is 3.01. The number of aromatic amines is 1. The molecule has 7 nitrogen and oxygen atoms in total. The molecule has 2 N–H and O–H groups in total. The summed E-state index contributed by atoms with van der Waals surface area (Å²) in [6.45, 7) is 3.89. The van der Waals surface area contributed by atoms with Gasteiger partial charge in [-0.1, -0.05) is 35.9 Å². The highest BCUT2D eigenvalue weighted by Gasteiger charge is 2.20. The lowest BCUT2D eigenvalue weighted by Gasteiger charge is -2.09. The number of hydrogen-bond acceptors (Lipinski definition) is 3. The van der Waals surface area contributed by atoms with Crippen molar-refractivity contribution in [1.82, 2.24) is 14.1 Å². The van der Waals surface area contributed by atoms with Crippen molar-refractivity contribution in [1.29, 1.82) is 0 Å². The SMILES string of the molecule is Cc1ccc(NC(=O)c2cn(C)c3c(=O)n(-c4ccccc4)c(=O)[nH]c23)c(C)c1. The Hall–Kier alpha value is -3.87. The molecule has 4 aromatic rings. The molecule has 2 aromatic carbocycles. The summed E-state index contributed by atoms with van der Waals surface area (Å²) in [7, 11) is 1.67. The van der Waals surface area contributed by atoms with Crippen LogP contribution in [0.15, 0.2) is 64.3 Å². The van der Waals surface area contributed by atoms with E-state index in [1.165, 1.54) is 0 Å². The van der Waals surface area contributed by atoms with E-state index in [1.807, 2.05) is 32.0 Å². The predicted molar refractivity (Wildman–Crippen MR) is 113 cm³/mol. The van der Waals surface area contributed by atoms with E-state index in [0.29, 0.717) is 11.4 Å². The van der Waals surface area contributed by atoms with Crippen molar-refractivity contribution < 1.29 is 4.79 Å². The maximum absolute atomic E-state index is 13.0. The normalized spacial score (nSPS) is 11.0. The zero-order valence-corrected chi connectivity index (χ0v) is 16.3. The fourth-order valence-electron chi connectivity index (χ4n) is 3.50. The van der Waals surface area contributed by atoms with Gasteiger partial charge < -0.3 is 14.9 Å². The van der Waals surface area contributed by atoms with Crippen LogP contribution in [0.5, 0.6) is 0 Å². The van der Waals surface area contributed by atoms with Crippen LogP contribution in [0.2, 0.25) is 0 Å². The molecule has 0 atom stereocenters. The summed E-state index contributed by atoms with van der Waals surface area (Å²) in [5.41, 5.74) is 2.78. The van der Waals surface area contributed by atoms with Gasteiger partial charge in [-0.25, -0.2) is 9.36 Å². The number of benzene rings is 2. The highest BCUT2D eigenvalue weighted by atomic mass is 16.2. The lowest BCUT2D eigenvalue weighted by atomic mass is 10.1. The number of fused-ring (bicyclic) bond motifs is 1. The second-order valence-electron chi connectivity index (χ2n) is 7.06. The summed E-state index contributed by atoms with van der Waals surface area (Å²) in [5.74, 6) is -0.393. The highest BCUT2D eigenvalue weighted by Crippen LogP contribution is 2.20. The molecule has 0 radical (unpaired) electrons. The number of carbonyl (C=O) groups is 1. The summed E-state index contributed by atoms with van der Waals surface area (Å²) in [4.78, 5) is 41.3. The molecule has 2 heterocycles. The maximum Gasteiger partial charge on any atom is 0.333 e. The molecule has 0 saturated carbocycles. The summed E-state index contributed by atoms with van der Waals surface area (Å²) in [5, 5.41) is 2.86. The van der Waals surface area contributed by atoms with Gasteiger partial charge in [-0.05, 0) is 37.6 Å². The zero-order valence-electron chi connectivity index (χ0n) is 16.3. The number of aryl methyl sites for hydroxylation is 3. The van der Waals surface area contributed by atoms with Gasteiger partial charge in [-0.2, -0.15) is 0 Å². The minimum atomic E-state index is -0.597. The van der Waals surface area contributed by atoms with E-state index in [9.17, 15) is 14.4 Å². The second kappa shape index (κ2) is 6.94. The van der Waals surface area contributed by atoms with Gasteiger partial charge in [-0.3, -0.25) is 9.59 Å². The van der Waals surface area contributed by atoms with Crippen LogP contribution in [-0.2, 0) is 7.05 Å². The first-order valence-electron chi connectivity index (χ1n) is 9.15. The van der Waals surface area contributed by atoms with Crippen LogP contribution >= 0.6 is 0 Å². The minimum absolute atomic E-state index is 0.219. The van der Waals surface area contributed by atoms with E-state index in [0.717, 1.165) is 15.7 Å². The quantitative estimate of drug-likeness (QED) is 0.566. The largest absolute Gasteiger partial charge is 0.344 e. The molecule has 0 bridgehead atoms. The zero-order chi connectivity index (χ0) is 20.7. The van der Waals surface area contributed by atoms with Crippen molar-refractivity contribution >= 4 is 22.6 Å². The Morgan fingerprint density at radius 2 is 1.76 bits per heavy atom. The van der Waals surface area contributed by atoms with Gasteiger partial charge in [0.25, 0.3) is 11.5 Å². The van der Waals surface area contributed by atoms with Gasteiger partial charge in [0.05, 0.1) is 16.8 Å². The third-order valence-corrected chi connectivity index (χ3v) is 4.91. The number of nitrogens with one attached hydrogen (secondary N) is 2. The molecule has 146 valence electrons. The molecule has 7 heteroatoms. The summed E-state index contributed by atoms with van der Waals surface area (Å²) in [6.07, 6.45) is 1.55. The second-order valence-corrected chi connectivity index (χ2v) is 7.06. The van der Waals surface area contributed by atoms with Crippen LogP contribution in [0.25, 0.3) is 16.7 Å². The summed E-state index contributed by atoms with van der Waals surface area (Å²) in [6, 6.07) is 14.4. The number of anilines is 1. The maximum atomic E-state index is 13.0. The van der Waals surface area contributed by atoms with Gasteiger partial charge in [0.2, 0.25) is 0 Å². The molecule has 29 heavy (non-hydrogen) atoms. The van der Waals surface area contributed by atoms with E-state index < -0.39 is 17.2 Å². The van der Waals surface area contributed by atoms with E-state index in [-0.39, 0.29) is 16.6 Å². The van der Waals surface area contributed by atoms with Crippen molar-refractivity contribution in [3.05, 3.63) is 92.3 Å². The molecular weight excluding hydrogens is 368 g/mol. The number of nitrogens with zero attached hydrogens (tertiary/aromatic N) is 2. The first kappa shape index (κ1) is 18.5. The lowest BCUT2D eigenvalue weighted by molar-refractivity contribution is 0.102. The topological polar surface area (TPSA) is 88.9 Å². The Bertz CT molecular complexity index is 1360. The smallest absolute Gasteiger partial charge is 0.333 e. The highest BCUT2D eigenvalue weighted by molar-refractivity contribution is 6.12. The third-order valence-electron chi connectivity index (χ3n) is 4.91. The molecule has 2 aromatic heterocycles. The molecule has 0 fully saturated rings. The van der Waals surface area contributed by atoms with Crippen LogP contribution in [0, 0.1) is 13.8 Å². The standard InChI is InChI=1S/C22H20N4O3/c1-13-9-10-17(14(2)11-13)23-20(27)16-12-25(3)19-18(16)24-22(29)26(21(19)28)15-7-5-4-6-8-15/h4-12H,1-3H3,(H,23,27)(H,24,29). The van der Waals surface area contributed by atoms with E-state index in [4.69, 9.17) is 0 Å². The van der Waals surface area contributed by atoms with Crippen molar-refractivity contribution in [3.63, 3.8) is 0 Å². The van der Waals surface area contributed by atoms with Crippen molar-refractivity contribution in [2.24, 2.45) is 7.05 Å². The van der Waals surface area contributed by atoms with E-state index in [2.05, 4.69) is 10.3 Å². The predicted octanol–water partition coefficient (Wildman–Crippen LogP) is 2.89. The lowest BCUT2D eigenvalue weighted by Crippen LogP contribution is -2.34. The number of rotatable bonds is 3. The third kappa shape index (κ3) is 3.16. The first-order valence-corrected chi connectivity index (χ1v) is 9.15. The van der Waals surface area contributed by atoms with Crippen LogP contribution in [0.3, 0.4) is 0 Å². The Morgan fingerprint density at radius 1 is 1.03 bits per heavy atom. The Kier molecular flexibility index (Phi) is 4.43. The molecule has 0 aliphatic carbocycles. The van der Waals surface area contributed by atoms with E-state index >= 15 is 0 Å². The van der Waals surface area contributed by atoms with Gasteiger partial charge in [0, 0.05) is 18.9 Å². The number of carbonyl (C=O) groups excluding carboxylic acids is 1. The van der Waals surface area contributed by atoms with Crippen molar-refractivity contribution in [2.45, 2.75) is 13.8 Å². The molecule has 0 aliphatic heterocycles. The fraction of sp³-hybridized carbons (Fsp3) is 0.136. The van der Waals surface area contributed by atoms with Crippen LogP contribution in [-0.4, -0.2) is 20.0 Å².